The third kappa shape index (κ3) is 8530. The Bertz CT molecular complexity index is 295. The van der Waals surface area contributed by atoms with Crippen LogP contribution in [0.5, 0.6) is 0 Å². The van der Waals surface area contributed by atoms with E-state index < -0.39 is 26.8 Å². The monoisotopic (exact) mass is 322 g/mol. The smallest absolute Gasteiger partial charge is 0.759 e. The number of quaternary nitrogens is 1. The molecule has 0 aliphatic rings. The summed E-state index contributed by atoms with van der Waals surface area (Å²) >= 11 is 0. The van der Waals surface area contributed by atoms with Gasteiger partial charge in [0.2, 0.25) is 0 Å². The predicted molar refractivity (Wildman–Crippen MR) is 40.7 cm³/mol. The Kier molecular flexibility index (Phi) is 23.2. The second-order valence-corrected chi connectivity index (χ2v) is 2.85. The average molecular weight is 322 g/mol. The summed E-state index contributed by atoms with van der Waals surface area (Å²) in [5, 5.41) is 0. The van der Waals surface area contributed by atoms with Crippen molar-refractivity contribution in [3.8, 4) is 0 Å². The molecule has 8 N–H and O–H groups in total. The van der Waals surface area contributed by atoms with Crippen molar-refractivity contribution in [2.24, 2.45) is 11.5 Å². The molecule has 0 aliphatic heterocycles. The van der Waals surface area contributed by atoms with Crippen LogP contribution in [0.2, 0.25) is 0 Å². The number of rotatable bonds is 0. The van der Waals surface area contributed by atoms with E-state index in [1.165, 1.54) is 0 Å². The van der Waals surface area contributed by atoms with Crippen molar-refractivity contribution in [1.29, 1.82) is 0 Å². The summed E-state index contributed by atoms with van der Waals surface area (Å²) in [5.74, 6) is 0. The molecule has 16 heavy (non-hydrogen) atoms. The zero-order valence-corrected chi connectivity index (χ0v) is 10.5. The molecule has 15 heteroatoms. The fourth-order valence-electron chi connectivity index (χ4n) is 0. The fourth-order valence-corrected chi connectivity index (χ4v) is 0. The van der Waals surface area contributed by atoms with Crippen LogP contribution in [0.25, 0.3) is 0 Å². The van der Waals surface area contributed by atoms with Crippen LogP contribution in [0.15, 0.2) is 0 Å². The molecule has 0 aliphatic carbocycles. The first kappa shape index (κ1) is 29.6. The van der Waals surface area contributed by atoms with Gasteiger partial charge < -0.3 is 35.8 Å². The molecule has 0 unspecified atom stereocenters. The van der Waals surface area contributed by atoms with E-state index in [0.717, 1.165) is 0 Å². The Morgan fingerprint density at radius 1 is 0.812 bits per heavy atom. The van der Waals surface area contributed by atoms with Crippen LogP contribution in [-0.4, -0.2) is 41.1 Å². The van der Waals surface area contributed by atoms with Crippen LogP contribution in [0.4, 0.5) is 4.79 Å². The summed E-state index contributed by atoms with van der Waals surface area (Å²) in [4.78, 5) is 9.00. The molecule has 0 heterocycles. The summed E-state index contributed by atoms with van der Waals surface area (Å²) in [6.45, 7) is 0. The normalized spacial score (nSPS) is 8.75. The van der Waals surface area contributed by atoms with Gasteiger partial charge in [-0.05, 0) is 0 Å². The minimum atomic E-state index is -5.17. The standard InChI is InChI=1S/CH4N2O.Cr.H3N.2H2O4S/c2-1(3)4;;;2*1-5(2,3)4/h(H4,2,3,4);;1H3;2*(H2,1,2,3,4)/q;+3;;;/p-3. The molecule has 0 aromatic carbocycles. The number of urea groups is 1. The number of carbonyl (C=O) groups excluding carboxylic acids is 1. The van der Waals surface area contributed by atoms with E-state index in [2.05, 4.69) is 11.5 Å². The maximum atomic E-state index is 9.00. The summed E-state index contributed by atoms with van der Waals surface area (Å²) in [6.07, 6.45) is 0. The van der Waals surface area contributed by atoms with E-state index in [1.54, 1.807) is 0 Å². The van der Waals surface area contributed by atoms with Crippen LogP contribution in [-0.2, 0) is 38.2 Å². The molecule has 2 amide bonds. The minimum Gasteiger partial charge on any atom is -0.759 e. The molecule has 0 saturated heterocycles. The molecule has 12 nitrogen and oxygen atoms in total. The second-order valence-electron chi connectivity index (χ2n) is 1.22. The number of nitrogens with two attached hydrogens (primary N) is 2. The fraction of sp³-hybridized carbons (Fsp3) is 0. The van der Waals surface area contributed by atoms with E-state index in [-0.39, 0.29) is 23.5 Å². The van der Waals surface area contributed by atoms with E-state index in [1.807, 2.05) is 0 Å². The van der Waals surface area contributed by atoms with Crippen molar-refractivity contribution in [3.05, 3.63) is 0 Å². The van der Waals surface area contributed by atoms with Crippen molar-refractivity contribution in [2.45, 2.75) is 0 Å². The summed E-state index contributed by atoms with van der Waals surface area (Å²) in [5.41, 5.74) is 8.50. The SMILES string of the molecule is NC(N)=O.O=S(=O)([O-])[O-].O=S(=O)([O-])[O-].[Cr+3].[NH4+]. The van der Waals surface area contributed by atoms with Gasteiger partial charge in [0.1, 0.15) is 0 Å². The van der Waals surface area contributed by atoms with Gasteiger partial charge in [0.05, 0.1) is 0 Å². The van der Waals surface area contributed by atoms with E-state index in [0.29, 0.717) is 0 Å². The number of carbonyl (C=O) groups is 1. The molecule has 0 saturated carbocycles. The van der Waals surface area contributed by atoms with Gasteiger partial charge >= 0.3 is 23.4 Å². The zero-order chi connectivity index (χ0) is 12.6. The Labute approximate surface area is 102 Å². The molecule has 0 spiro atoms. The molecule has 0 aromatic rings. The van der Waals surface area contributed by atoms with Gasteiger partial charge in [-0.2, -0.15) is 0 Å². The molecular weight excluding hydrogens is 314 g/mol. The van der Waals surface area contributed by atoms with Crippen molar-refractivity contribution >= 4 is 26.8 Å². The van der Waals surface area contributed by atoms with Gasteiger partial charge in [-0.1, -0.05) is 0 Å². The molecule has 0 rings (SSSR count). The largest absolute Gasteiger partial charge is 3.00 e. The van der Waals surface area contributed by atoms with Crippen LogP contribution in [0.1, 0.15) is 0 Å². The van der Waals surface area contributed by atoms with E-state index >= 15 is 0 Å². The maximum Gasteiger partial charge on any atom is 3.00 e. The van der Waals surface area contributed by atoms with Crippen molar-refractivity contribution in [3.63, 3.8) is 0 Å². The van der Waals surface area contributed by atoms with Gasteiger partial charge in [-0.15, -0.1) is 0 Å². The quantitative estimate of drug-likeness (QED) is 0.297. The van der Waals surface area contributed by atoms with Crippen LogP contribution >= 0.6 is 0 Å². The average Bonchev–Trinajstić information content (AvgIpc) is 1.45. The first-order chi connectivity index (χ1) is 5.73. The van der Waals surface area contributed by atoms with E-state index in [4.69, 9.17) is 39.8 Å². The molecule has 0 aromatic heterocycles. The number of amides is 2. The number of primary amides is 2. The summed E-state index contributed by atoms with van der Waals surface area (Å²) in [7, 11) is -10.3. The van der Waals surface area contributed by atoms with Gasteiger partial charge in [0.15, 0.2) is 0 Å². The predicted octanol–water partition coefficient (Wildman–Crippen LogP) is -3.28. The molecule has 0 atom stereocenters. The molecule has 1 radical (unpaired) electrons. The van der Waals surface area contributed by atoms with Gasteiger partial charge in [-0.25, -0.2) is 4.79 Å². The summed E-state index contributed by atoms with van der Waals surface area (Å²) < 4.78 is 68.2. The van der Waals surface area contributed by atoms with Crippen LogP contribution in [0.3, 0.4) is 0 Å². The van der Waals surface area contributed by atoms with Gasteiger partial charge in [-0.3, -0.25) is 16.8 Å². The number of hydrogen-bond acceptors (Lipinski definition) is 9. The Morgan fingerprint density at radius 3 is 0.812 bits per heavy atom. The Hall–Kier alpha value is -0.498. The molecule has 0 bridgehead atoms. The van der Waals surface area contributed by atoms with Crippen molar-refractivity contribution < 1.29 is 57.2 Å². The second kappa shape index (κ2) is 12.6. The minimum absolute atomic E-state index is 0. The van der Waals surface area contributed by atoms with Crippen molar-refractivity contribution in [1.82, 2.24) is 6.15 Å². The summed E-state index contributed by atoms with van der Waals surface area (Å²) in [6, 6.07) is -0.833. The first-order valence-corrected chi connectivity index (χ1v) is 4.78. The third-order valence-electron chi connectivity index (χ3n) is 0. The maximum absolute atomic E-state index is 9.00. The zero-order valence-electron chi connectivity index (χ0n) is 7.55. The van der Waals surface area contributed by atoms with E-state index in [9.17, 15) is 0 Å². The Balaban J connectivity index is -0.0000000358. The topological polar surface area (TPSA) is 266 Å². The Morgan fingerprint density at radius 2 is 0.812 bits per heavy atom. The molecule has 99 valence electrons. The van der Waals surface area contributed by atoms with Crippen molar-refractivity contribution in [2.75, 3.05) is 0 Å². The number of hydrogen-bond donors (Lipinski definition) is 3. The first-order valence-electron chi connectivity index (χ1n) is 2.11. The third-order valence-corrected chi connectivity index (χ3v) is 0. The van der Waals surface area contributed by atoms with Crippen LogP contribution in [0, 0.1) is 0 Å². The molecular formula is CH8CrN3O9S2. The van der Waals surface area contributed by atoms with Gasteiger partial charge in [0.25, 0.3) is 0 Å². The molecule has 0 fully saturated rings. The van der Waals surface area contributed by atoms with Crippen LogP contribution < -0.4 is 17.6 Å². The van der Waals surface area contributed by atoms with Gasteiger partial charge in [0, 0.05) is 20.8 Å².